The average Bonchev–Trinajstić information content (AvgIpc) is 2.83. The van der Waals surface area contributed by atoms with Crippen LogP contribution in [0.25, 0.3) is 10.9 Å². The van der Waals surface area contributed by atoms with Crippen LogP contribution >= 0.6 is 12.2 Å². The van der Waals surface area contributed by atoms with Crippen molar-refractivity contribution < 1.29 is 4.74 Å². The molecule has 1 aromatic heterocycles. The Labute approximate surface area is 194 Å². The van der Waals surface area contributed by atoms with Gasteiger partial charge in [0.2, 0.25) is 0 Å². The molecule has 0 spiro atoms. The minimum absolute atomic E-state index is 0.0689. The number of thiocarbonyl (C=S) groups is 1. The fourth-order valence-corrected chi connectivity index (χ4v) is 4.18. The molecule has 0 radical (unpaired) electrons. The Hall–Kier alpha value is -2.74. The quantitative estimate of drug-likeness (QED) is 0.536. The number of pyridine rings is 1. The van der Waals surface area contributed by atoms with Crippen LogP contribution in [0.5, 0.6) is 0 Å². The molecule has 0 saturated carbocycles. The van der Waals surface area contributed by atoms with Gasteiger partial charge in [0.1, 0.15) is 0 Å². The van der Waals surface area contributed by atoms with Gasteiger partial charge in [0.05, 0.1) is 19.8 Å². The van der Waals surface area contributed by atoms with Crippen molar-refractivity contribution in [3.05, 3.63) is 76.1 Å². The number of anilines is 1. The SMILES string of the molecule is CCc1ccc2[nH]c(=O)c(CN(CCN3CCOCC3)C(=S)Nc3ccccc3)cc2c1. The molecule has 3 aromatic rings. The fourth-order valence-electron chi connectivity index (χ4n) is 3.91. The number of morpholine rings is 1. The number of aryl methyl sites for hydroxylation is 1. The zero-order valence-corrected chi connectivity index (χ0v) is 19.3. The number of hydrogen-bond acceptors (Lipinski definition) is 4. The van der Waals surface area contributed by atoms with Gasteiger partial charge in [-0.1, -0.05) is 31.2 Å². The zero-order chi connectivity index (χ0) is 22.3. The first-order valence-electron chi connectivity index (χ1n) is 11.2. The standard InChI is InChI=1S/C25H30N4O2S/c1-2-19-8-9-23-20(16-19)17-21(24(30)27-23)18-29(11-10-28-12-14-31-15-13-28)25(32)26-22-6-4-3-5-7-22/h3-9,16-17H,2,10-15,18H2,1H3,(H,26,32)(H,27,30). The Balaban J connectivity index is 1.56. The Morgan fingerprint density at radius 2 is 1.94 bits per heavy atom. The van der Waals surface area contributed by atoms with Gasteiger partial charge in [0.15, 0.2) is 5.11 Å². The molecule has 2 heterocycles. The second kappa shape index (κ2) is 10.7. The lowest BCUT2D eigenvalue weighted by atomic mass is 10.1. The van der Waals surface area contributed by atoms with Gasteiger partial charge >= 0.3 is 0 Å². The lowest BCUT2D eigenvalue weighted by Gasteiger charge is -2.31. The highest BCUT2D eigenvalue weighted by atomic mass is 32.1. The Morgan fingerprint density at radius 3 is 2.69 bits per heavy atom. The monoisotopic (exact) mass is 450 g/mol. The summed E-state index contributed by atoms with van der Waals surface area (Å²) in [6.07, 6.45) is 0.959. The molecule has 1 fully saturated rings. The van der Waals surface area contributed by atoms with E-state index in [2.05, 4.69) is 39.2 Å². The number of nitrogens with zero attached hydrogens (tertiary/aromatic N) is 2. The molecule has 0 aliphatic carbocycles. The highest BCUT2D eigenvalue weighted by Crippen LogP contribution is 2.16. The van der Waals surface area contributed by atoms with E-state index in [1.54, 1.807) is 0 Å². The maximum atomic E-state index is 12.8. The number of H-pyrrole nitrogens is 1. The summed E-state index contributed by atoms with van der Waals surface area (Å²) in [6, 6.07) is 18.1. The minimum Gasteiger partial charge on any atom is -0.379 e. The molecule has 168 valence electrons. The van der Waals surface area contributed by atoms with E-state index in [1.807, 2.05) is 42.5 Å². The van der Waals surface area contributed by atoms with E-state index in [1.165, 1.54) is 5.56 Å². The number of aromatic amines is 1. The zero-order valence-electron chi connectivity index (χ0n) is 18.5. The Bertz CT molecular complexity index is 1110. The van der Waals surface area contributed by atoms with Crippen LogP contribution < -0.4 is 10.9 Å². The summed E-state index contributed by atoms with van der Waals surface area (Å²) in [5, 5.41) is 4.99. The minimum atomic E-state index is -0.0689. The Kier molecular flexibility index (Phi) is 7.52. The number of hydrogen-bond donors (Lipinski definition) is 2. The number of fused-ring (bicyclic) bond motifs is 1. The number of rotatable bonds is 7. The summed E-state index contributed by atoms with van der Waals surface area (Å²) in [7, 11) is 0. The van der Waals surface area contributed by atoms with Gasteiger partial charge < -0.3 is 19.9 Å². The van der Waals surface area contributed by atoms with Crippen molar-refractivity contribution in [2.24, 2.45) is 0 Å². The maximum absolute atomic E-state index is 12.8. The van der Waals surface area contributed by atoms with Crippen LogP contribution in [0.2, 0.25) is 0 Å². The molecule has 1 saturated heterocycles. The molecular weight excluding hydrogens is 420 g/mol. The van der Waals surface area contributed by atoms with E-state index in [4.69, 9.17) is 17.0 Å². The summed E-state index contributed by atoms with van der Waals surface area (Å²) in [5.41, 5.74) is 3.70. The van der Waals surface area contributed by atoms with Gasteiger partial charge in [-0.25, -0.2) is 0 Å². The number of benzene rings is 2. The predicted octanol–water partition coefficient (Wildman–Crippen LogP) is 3.62. The van der Waals surface area contributed by atoms with Crippen molar-refractivity contribution in [3.63, 3.8) is 0 Å². The molecule has 0 unspecified atom stereocenters. The summed E-state index contributed by atoms with van der Waals surface area (Å²) in [5.74, 6) is 0. The highest BCUT2D eigenvalue weighted by Gasteiger charge is 2.17. The molecule has 6 nitrogen and oxygen atoms in total. The first-order chi connectivity index (χ1) is 15.6. The van der Waals surface area contributed by atoms with Crippen LogP contribution in [0, 0.1) is 0 Å². The lowest BCUT2D eigenvalue weighted by Crippen LogP contribution is -2.44. The van der Waals surface area contributed by atoms with E-state index in [0.717, 1.165) is 62.4 Å². The predicted molar refractivity (Wildman–Crippen MR) is 134 cm³/mol. The van der Waals surface area contributed by atoms with Crippen molar-refractivity contribution in [2.45, 2.75) is 19.9 Å². The number of ether oxygens (including phenoxy) is 1. The van der Waals surface area contributed by atoms with Gasteiger partial charge in [0, 0.05) is 42.9 Å². The summed E-state index contributed by atoms with van der Waals surface area (Å²) >= 11 is 5.76. The summed E-state index contributed by atoms with van der Waals surface area (Å²) < 4.78 is 5.47. The maximum Gasteiger partial charge on any atom is 0.253 e. The van der Waals surface area contributed by atoms with Crippen molar-refractivity contribution in [1.29, 1.82) is 0 Å². The first-order valence-corrected chi connectivity index (χ1v) is 11.6. The summed E-state index contributed by atoms with van der Waals surface area (Å²) in [6.45, 7) is 7.54. The van der Waals surface area contributed by atoms with Crippen LogP contribution in [-0.2, 0) is 17.7 Å². The molecule has 7 heteroatoms. The second-order valence-corrected chi connectivity index (χ2v) is 8.46. The van der Waals surface area contributed by atoms with Crippen LogP contribution in [0.3, 0.4) is 0 Å². The van der Waals surface area contributed by atoms with Gasteiger partial charge in [0.25, 0.3) is 5.56 Å². The fraction of sp³-hybridized carbons (Fsp3) is 0.360. The molecular formula is C25H30N4O2S. The lowest BCUT2D eigenvalue weighted by molar-refractivity contribution is 0.0358. The molecule has 0 atom stereocenters. The van der Waals surface area contributed by atoms with Crippen LogP contribution in [0.15, 0.2) is 59.4 Å². The topological polar surface area (TPSA) is 60.6 Å². The molecule has 0 amide bonds. The smallest absolute Gasteiger partial charge is 0.253 e. The van der Waals surface area contributed by atoms with E-state index in [0.29, 0.717) is 17.2 Å². The summed E-state index contributed by atoms with van der Waals surface area (Å²) in [4.78, 5) is 20.3. The second-order valence-electron chi connectivity index (χ2n) is 8.07. The number of nitrogens with one attached hydrogen (secondary N) is 2. The Morgan fingerprint density at radius 1 is 1.16 bits per heavy atom. The third kappa shape index (κ3) is 5.73. The van der Waals surface area contributed by atoms with Crippen molar-refractivity contribution in [2.75, 3.05) is 44.7 Å². The van der Waals surface area contributed by atoms with Crippen LogP contribution in [0.1, 0.15) is 18.1 Å². The van der Waals surface area contributed by atoms with Crippen LogP contribution in [0.4, 0.5) is 5.69 Å². The van der Waals surface area contributed by atoms with Gasteiger partial charge in [-0.05, 0) is 59.9 Å². The van der Waals surface area contributed by atoms with E-state index in [9.17, 15) is 4.79 Å². The van der Waals surface area contributed by atoms with Gasteiger partial charge in [-0.3, -0.25) is 9.69 Å². The number of aromatic nitrogens is 1. The van der Waals surface area contributed by atoms with Crippen molar-refractivity contribution >= 4 is 33.9 Å². The highest BCUT2D eigenvalue weighted by molar-refractivity contribution is 7.80. The van der Waals surface area contributed by atoms with E-state index in [-0.39, 0.29) is 5.56 Å². The third-order valence-electron chi connectivity index (χ3n) is 5.86. The van der Waals surface area contributed by atoms with Gasteiger partial charge in [-0.15, -0.1) is 0 Å². The molecule has 2 aromatic carbocycles. The van der Waals surface area contributed by atoms with Crippen LogP contribution in [-0.4, -0.2) is 59.3 Å². The molecule has 4 rings (SSSR count). The molecule has 0 bridgehead atoms. The third-order valence-corrected chi connectivity index (χ3v) is 6.22. The van der Waals surface area contributed by atoms with Gasteiger partial charge in [-0.2, -0.15) is 0 Å². The molecule has 1 aliphatic heterocycles. The first kappa shape index (κ1) is 22.5. The number of para-hydroxylation sites is 1. The van der Waals surface area contributed by atoms with Crippen molar-refractivity contribution in [3.8, 4) is 0 Å². The molecule has 1 aliphatic rings. The normalized spacial score (nSPS) is 14.4. The molecule has 32 heavy (non-hydrogen) atoms. The average molecular weight is 451 g/mol. The molecule has 2 N–H and O–H groups in total. The van der Waals surface area contributed by atoms with E-state index >= 15 is 0 Å². The van der Waals surface area contributed by atoms with Crippen molar-refractivity contribution in [1.82, 2.24) is 14.8 Å². The largest absolute Gasteiger partial charge is 0.379 e. The van der Waals surface area contributed by atoms with E-state index < -0.39 is 0 Å².